The first kappa shape index (κ1) is 14.3. The van der Waals surface area contributed by atoms with E-state index in [4.69, 9.17) is 4.74 Å². The normalized spacial score (nSPS) is 24.4. The largest absolute Gasteiger partial charge is 0.380 e. The third kappa shape index (κ3) is 3.91. The minimum absolute atomic E-state index is 0.352. The molecular formula is C15H25N3O. The van der Waals surface area contributed by atoms with E-state index >= 15 is 0 Å². The van der Waals surface area contributed by atoms with E-state index in [-0.39, 0.29) is 0 Å². The molecular weight excluding hydrogens is 238 g/mol. The van der Waals surface area contributed by atoms with Gasteiger partial charge in [-0.15, -0.1) is 0 Å². The lowest BCUT2D eigenvalue weighted by Crippen LogP contribution is -2.43. The zero-order chi connectivity index (χ0) is 13.7. The highest BCUT2D eigenvalue weighted by Gasteiger charge is 2.25. The monoisotopic (exact) mass is 263 g/mol. The predicted molar refractivity (Wildman–Crippen MR) is 78.3 cm³/mol. The Hall–Kier alpha value is -1.13. The second kappa shape index (κ2) is 6.87. The number of pyridine rings is 1. The highest BCUT2D eigenvalue weighted by atomic mass is 16.5. The summed E-state index contributed by atoms with van der Waals surface area (Å²) in [5, 5.41) is 3.26. The fraction of sp³-hybridized carbons (Fsp3) is 0.667. The predicted octanol–water partition coefficient (Wildman–Crippen LogP) is 2.37. The fourth-order valence-electron chi connectivity index (χ4n) is 2.62. The maximum atomic E-state index is 5.56. The van der Waals surface area contributed by atoms with Crippen molar-refractivity contribution in [1.82, 2.24) is 9.88 Å². The van der Waals surface area contributed by atoms with Crippen molar-refractivity contribution in [2.45, 2.75) is 32.9 Å². The quantitative estimate of drug-likeness (QED) is 0.885. The summed E-state index contributed by atoms with van der Waals surface area (Å²) in [4.78, 5) is 7.07. The zero-order valence-corrected chi connectivity index (χ0v) is 12.2. The van der Waals surface area contributed by atoms with Crippen molar-refractivity contribution in [3.05, 3.63) is 23.9 Å². The van der Waals surface area contributed by atoms with Crippen LogP contribution < -0.4 is 5.32 Å². The molecule has 0 aliphatic carbocycles. The maximum Gasteiger partial charge on any atom is 0.126 e. The second-order valence-electron chi connectivity index (χ2n) is 5.32. The van der Waals surface area contributed by atoms with E-state index in [1.165, 1.54) is 6.42 Å². The average molecular weight is 263 g/mol. The highest BCUT2D eigenvalue weighted by Crippen LogP contribution is 2.20. The van der Waals surface area contributed by atoms with E-state index in [0.29, 0.717) is 12.0 Å². The molecule has 1 aliphatic rings. The molecule has 106 valence electrons. The lowest BCUT2D eigenvalue weighted by molar-refractivity contribution is -0.00777. The van der Waals surface area contributed by atoms with Crippen LogP contribution in [0.3, 0.4) is 0 Å². The van der Waals surface area contributed by atoms with Crippen molar-refractivity contribution < 1.29 is 4.74 Å². The van der Waals surface area contributed by atoms with E-state index in [9.17, 15) is 0 Å². The van der Waals surface area contributed by atoms with Gasteiger partial charge >= 0.3 is 0 Å². The number of ether oxygens (including phenoxy) is 1. The van der Waals surface area contributed by atoms with E-state index in [1.54, 1.807) is 0 Å². The van der Waals surface area contributed by atoms with Crippen LogP contribution in [0.5, 0.6) is 0 Å². The third-order valence-electron chi connectivity index (χ3n) is 3.83. The molecule has 4 heteroatoms. The van der Waals surface area contributed by atoms with E-state index < -0.39 is 0 Å². The fourth-order valence-corrected chi connectivity index (χ4v) is 2.62. The maximum absolute atomic E-state index is 5.56. The molecule has 0 spiro atoms. The van der Waals surface area contributed by atoms with Gasteiger partial charge in [0.1, 0.15) is 5.82 Å². The molecule has 2 atom stereocenters. The van der Waals surface area contributed by atoms with Gasteiger partial charge in [0.05, 0.1) is 11.8 Å². The van der Waals surface area contributed by atoms with Gasteiger partial charge in [-0.3, -0.25) is 4.90 Å². The van der Waals surface area contributed by atoms with Crippen molar-refractivity contribution in [3.8, 4) is 0 Å². The number of hydrogen-bond donors (Lipinski definition) is 1. The number of anilines is 1. The van der Waals surface area contributed by atoms with Gasteiger partial charge in [-0.1, -0.05) is 13.0 Å². The van der Waals surface area contributed by atoms with Crippen molar-refractivity contribution in [3.63, 3.8) is 0 Å². The molecule has 4 nitrogen and oxygen atoms in total. The van der Waals surface area contributed by atoms with Crippen molar-refractivity contribution in [2.24, 2.45) is 5.92 Å². The summed E-state index contributed by atoms with van der Waals surface area (Å²) in [6.07, 6.45) is 1.55. The van der Waals surface area contributed by atoms with Crippen molar-refractivity contribution in [1.29, 1.82) is 0 Å². The van der Waals surface area contributed by atoms with Gasteiger partial charge in [-0.2, -0.15) is 0 Å². The van der Waals surface area contributed by atoms with Crippen molar-refractivity contribution in [2.75, 3.05) is 32.1 Å². The van der Waals surface area contributed by atoms with Gasteiger partial charge in [0.15, 0.2) is 0 Å². The average Bonchev–Trinajstić information content (AvgIpc) is 2.42. The van der Waals surface area contributed by atoms with E-state index in [1.807, 2.05) is 13.2 Å². The van der Waals surface area contributed by atoms with Crippen molar-refractivity contribution >= 4 is 5.82 Å². The Labute approximate surface area is 116 Å². The van der Waals surface area contributed by atoms with Crippen LogP contribution in [0.1, 0.15) is 26.0 Å². The van der Waals surface area contributed by atoms with Gasteiger partial charge in [-0.25, -0.2) is 4.98 Å². The van der Waals surface area contributed by atoms with E-state index in [0.717, 1.165) is 37.7 Å². The molecule has 1 aromatic rings. The van der Waals surface area contributed by atoms with Gasteiger partial charge in [-0.05, 0) is 37.9 Å². The number of piperidine rings is 1. The van der Waals surface area contributed by atoms with Gasteiger partial charge < -0.3 is 10.1 Å². The third-order valence-corrected chi connectivity index (χ3v) is 3.83. The molecule has 19 heavy (non-hydrogen) atoms. The zero-order valence-electron chi connectivity index (χ0n) is 12.2. The number of hydrogen-bond acceptors (Lipinski definition) is 4. The number of nitrogens with one attached hydrogen (secondary N) is 1. The summed E-state index contributed by atoms with van der Waals surface area (Å²) >= 11 is 0. The van der Waals surface area contributed by atoms with Gasteiger partial charge in [0.2, 0.25) is 0 Å². The first-order valence-corrected chi connectivity index (χ1v) is 7.18. The second-order valence-corrected chi connectivity index (χ2v) is 5.32. The SMILES string of the molecule is CCNc1cccc(CN2CCC(C)C(OC)C2)n1. The van der Waals surface area contributed by atoms with Crippen LogP contribution in [0, 0.1) is 5.92 Å². The molecule has 0 amide bonds. The Morgan fingerprint density at radius 2 is 2.32 bits per heavy atom. The summed E-state index contributed by atoms with van der Waals surface area (Å²) in [6.45, 7) is 8.31. The number of rotatable bonds is 5. The molecule has 1 aliphatic heterocycles. The smallest absolute Gasteiger partial charge is 0.126 e. The van der Waals surface area contributed by atoms with Crippen LogP contribution in [0.4, 0.5) is 5.82 Å². The van der Waals surface area contributed by atoms with Gasteiger partial charge in [0.25, 0.3) is 0 Å². The molecule has 2 rings (SSSR count). The molecule has 2 heterocycles. The lowest BCUT2D eigenvalue weighted by Gasteiger charge is -2.36. The highest BCUT2D eigenvalue weighted by molar-refractivity contribution is 5.34. The lowest BCUT2D eigenvalue weighted by atomic mass is 9.96. The number of aromatic nitrogens is 1. The van der Waals surface area contributed by atoms with Crippen LogP contribution in [-0.4, -0.2) is 42.7 Å². The molecule has 1 saturated heterocycles. The summed E-state index contributed by atoms with van der Waals surface area (Å²) in [5.74, 6) is 1.62. The molecule has 1 fully saturated rings. The summed E-state index contributed by atoms with van der Waals surface area (Å²) < 4.78 is 5.56. The van der Waals surface area contributed by atoms with Crippen LogP contribution in [0.15, 0.2) is 18.2 Å². The van der Waals surface area contributed by atoms with Crippen LogP contribution in [0.2, 0.25) is 0 Å². The Balaban J connectivity index is 1.95. The topological polar surface area (TPSA) is 37.4 Å². The Morgan fingerprint density at radius 3 is 3.05 bits per heavy atom. The Kier molecular flexibility index (Phi) is 5.16. The van der Waals surface area contributed by atoms with Gasteiger partial charge in [0, 0.05) is 26.7 Å². The number of nitrogens with zero attached hydrogens (tertiary/aromatic N) is 2. The summed E-state index contributed by atoms with van der Waals surface area (Å²) in [5.41, 5.74) is 1.13. The van der Waals surface area contributed by atoms with Crippen LogP contribution in [-0.2, 0) is 11.3 Å². The Morgan fingerprint density at radius 1 is 1.47 bits per heavy atom. The number of methoxy groups -OCH3 is 1. The molecule has 0 bridgehead atoms. The minimum Gasteiger partial charge on any atom is -0.380 e. The first-order valence-electron chi connectivity index (χ1n) is 7.18. The molecule has 1 aromatic heterocycles. The first-order chi connectivity index (χ1) is 9.22. The van der Waals surface area contributed by atoms with E-state index in [2.05, 4.69) is 41.2 Å². The minimum atomic E-state index is 0.352. The molecule has 0 aromatic carbocycles. The molecule has 2 unspecified atom stereocenters. The standard InChI is InChI=1S/C15H25N3O/c1-4-16-15-7-5-6-13(17-15)10-18-9-8-12(2)14(11-18)19-3/h5-7,12,14H,4,8-11H2,1-3H3,(H,16,17). The molecule has 0 radical (unpaired) electrons. The Bertz CT molecular complexity index is 397. The molecule has 0 saturated carbocycles. The number of likely N-dealkylation sites (tertiary alicyclic amines) is 1. The van der Waals surface area contributed by atoms with Crippen LogP contribution >= 0.6 is 0 Å². The summed E-state index contributed by atoms with van der Waals surface area (Å²) in [7, 11) is 1.81. The van der Waals surface area contributed by atoms with Crippen LogP contribution in [0.25, 0.3) is 0 Å². The summed E-state index contributed by atoms with van der Waals surface area (Å²) in [6, 6.07) is 6.19. The molecule has 1 N–H and O–H groups in total.